The van der Waals surface area contributed by atoms with Gasteiger partial charge in [-0.3, -0.25) is 0 Å². The van der Waals surface area contributed by atoms with Gasteiger partial charge in [-0.25, -0.2) is 0 Å². The Bertz CT molecular complexity index is 739. The number of rotatable bonds is 2. The molecular formula is C15H21F3N6. The van der Waals surface area contributed by atoms with E-state index in [4.69, 9.17) is 0 Å². The highest BCUT2D eigenvalue weighted by atomic mass is 19.4. The van der Waals surface area contributed by atoms with Gasteiger partial charge < -0.3 is 9.80 Å². The maximum Gasteiger partial charge on any atom is 0.453 e. The molecule has 0 amide bonds. The second-order valence-corrected chi connectivity index (χ2v) is 6.11. The van der Waals surface area contributed by atoms with Gasteiger partial charge in [-0.05, 0) is 33.4 Å². The molecule has 1 saturated heterocycles. The molecule has 2 aromatic rings. The van der Waals surface area contributed by atoms with Crippen molar-refractivity contribution in [2.45, 2.75) is 33.4 Å². The number of halogens is 3. The second kappa shape index (κ2) is 6.19. The van der Waals surface area contributed by atoms with Crippen LogP contribution in [0.3, 0.4) is 0 Å². The van der Waals surface area contributed by atoms with Gasteiger partial charge in [0.05, 0.1) is 0 Å². The van der Waals surface area contributed by atoms with E-state index in [1.54, 1.807) is 6.92 Å². The molecule has 0 aromatic carbocycles. The van der Waals surface area contributed by atoms with E-state index >= 15 is 0 Å². The zero-order valence-corrected chi connectivity index (χ0v) is 14.1. The summed E-state index contributed by atoms with van der Waals surface area (Å²) in [6.07, 6.45) is -3.62. The first kappa shape index (κ1) is 16.9. The van der Waals surface area contributed by atoms with Crippen molar-refractivity contribution in [2.24, 2.45) is 0 Å². The van der Waals surface area contributed by atoms with Crippen molar-refractivity contribution in [3.63, 3.8) is 0 Å². The Morgan fingerprint density at radius 2 is 1.75 bits per heavy atom. The van der Waals surface area contributed by atoms with Crippen LogP contribution in [0.15, 0.2) is 0 Å². The van der Waals surface area contributed by atoms with Gasteiger partial charge in [0.2, 0.25) is 0 Å². The average molecular weight is 342 g/mol. The molecule has 9 heteroatoms. The first-order valence-electron chi connectivity index (χ1n) is 8.10. The number of fused-ring (bicyclic) bond motifs is 1. The van der Waals surface area contributed by atoms with E-state index < -0.39 is 12.0 Å². The minimum Gasteiger partial charge on any atom is -0.354 e. The lowest BCUT2D eigenvalue weighted by molar-refractivity contribution is -0.146. The van der Waals surface area contributed by atoms with Crippen LogP contribution in [0.5, 0.6) is 0 Å². The van der Waals surface area contributed by atoms with Crippen LogP contribution in [0.1, 0.15) is 30.3 Å². The molecule has 6 nitrogen and oxygen atoms in total. The number of anilines is 1. The van der Waals surface area contributed by atoms with Crippen LogP contribution >= 0.6 is 0 Å². The summed E-state index contributed by atoms with van der Waals surface area (Å²) in [6.45, 7) is 10.1. The van der Waals surface area contributed by atoms with E-state index in [1.165, 1.54) is 0 Å². The number of hydrogen-bond acceptors (Lipinski definition) is 5. The van der Waals surface area contributed by atoms with Crippen LogP contribution in [0.4, 0.5) is 19.0 Å². The molecular weight excluding hydrogens is 321 g/mol. The third-order valence-electron chi connectivity index (χ3n) is 4.66. The van der Waals surface area contributed by atoms with E-state index in [-0.39, 0.29) is 5.65 Å². The van der Waals surface area contributed by atoms with Crippen molar-refractivity contribution >= 4 is 11.5 Å². The highest BCUT2D eigenvalue weighted by Crippen LogP contribution is 2.30. The highest BCUT2D eigenvalue weighted by molar-refractivity contribution is 5.59. The Labute approximate surface area is 138 Å². The van der Waals surface area contributed by atoms with Crippen molar-refractivity contribution in [2.75, 3.05) is 37.6 Å². The number of aromatic nitrogens is 4. The number of likely N-dealkylation sites (N-methyl/N-ethyl adjacent to an activating group) is 1. The quantitative estimate of drug-likeness (QED) is 0.838. The van der Waals surface area contributed by atoms with Gasteiger partial charge in [0.15, 0.2) is 11.5 Å². The van der Waals surface area contributed by atoms with Crippen molar-refractivity contribution in [1.82, 2.24) is 24.7 Å². The second-order valence-electron chi connectivity index (χ2n) is 6.11. The monoisotopic (exact) mass is 342 g/mol. The molecule has 0 bridgehead atoms. The van der Waals surface area contributed by atoms with Crippen LogP contribution in [0.2, 0.25) is 0 Å². The van der Waals surface area contributed by atoms with Crippen LogP contribution in [0, 0.1) is 13.8 Å². The van der Waals surface area contributed by atoms with Crippen molar-refractivity contribution in [1.29, 1.82) is 0 Å². The molecule has 0 spiro atoms. The standard InChI is InChI=1S/C15H21F3N6/c1-4-22-6-5-7-23(9-8-22)13-11(3)10(2)12-19-20-14(15(16,17)18)24(12)21-13/h4-9H2,1-3H3. The zero-order chi connectivity index (χ0) is 17.5. The smallest absolute Gasteiger partial charge is 0.354 e. The molecule has 0 N–H and O–H groups in total. The van der Waals surface area contributed by atoms with Crippen LogP contribution in [-0.2, 0) is 6.18 Å². The van der Waals surface area contributed by atoms with Gasteiger partial charge >= 0.3 is 6.18 Å². The van der Waals surface area contributed by atoms with Gasteiger partial charge in [0.25, 0.3) is 5.82 Å². The van der Waals surface area contributed by atoms with E-state index in [2.05, 4.69) is 32.0 Å². The summed E-state index contributed by atoms with van der Waals surface area (Å²) in [5, 5.41) is 11.2. The number of nitrogens with zero attached hydrogens (tertiary/aromatic N) is 6. The summed E-state index contributed by atoms with van der Waals surface area (Å²) in [6, 6.07) is 0. The number of aryl methyl sites for hydroxylation is 1. The summed E-state index contributed by atoms with van der Waals surface area (Å²) < 4.78 is 40.2. The zero-order valence-electron chi connectivity index (χ0n) is 14.1. The minimum atomic E-state index is -4.58. The fourth-order valence-corrected chi connectivity index (χ4v) is 3.09. The Morgan fingerprint density at radius 1 is 1.00 bits per heavy atom. The molecule has 1 aliphatic heterocycles. The maximum atomic E-state index is 13.1. The molecule has 2 aromatic heterocycles. The van der Waals surface area contributed by atoms with Crippen LogP contribution in [-0.4, -0.2) is 57.4 Å². The summed E-state index contributed by atoms with van der Waals surface area (Å²) in [5.74, 6) is -0.491. The number of hydrogen-bond donors (Lipinski definition) is 0. The van der Waals surface area contributed by atoms with Gasteiger partial charge in [-0.2, -0.15) is 17.7 Å². The average Bonchev–Trinajstić information content (AvgIpc) is 2.82. The lowest BCUT2D eigenvalue weighted by Crippen LogP contribution is -2.32. The summed E-state index contributed by atoms with van der Waals surface area (Å²) in [4.78, 5) is 4.40. The van der Waals surface area contributed by atoms with E-state index in [1.807, 2.05) is 6.92 Å². The Hall–Kier alpha value is -1.90. The molecule has 1 aliphatic rings. The summed E-state index contributed by atoms with van der Waals surface area (Å²) in [7, 11) is 0. The summed E-state index contributed by atoms with van der Waals surface area (Å²) in [5.41, 5.74) is 1.70. The van der Waals surface area contributed by atoms with Gasteiger partial charge in [-0.1, -0.05) is 6.92 Å². The first-order chi connectivity index (χ1) is 11.3. The van der Waals surface area contributed by atoms with Crippen LogP contribution < -0.4 is 4.90 Å². The summed E-state index contributed by atoms with van der Waals surface area (Å²) >= 11 is 0. The van der Waals surface area contributed by atoms with E-state index in [0.717, 1.165) is 49.2 Å². The predicted octanol–water partition coefficient (Wildman–Crippen LogP) is 2.29. The fourth-order valence-electron chi connectivity index (χ4n) is 3.09. The Kier molecular flexibility index (Phi) is 4.37. The Morgan fingerprint density at radius 3 is 2.42 bits per heavy atom. The van der Waals surface area contributed by atoms with Gasteiger partial charge in [-0.15, -0.1) is 15.3 Å². The lowest BCUT2D eigenvalue weighted by atomic mass is 10.1. The van der Waals surface area contributed by atoms with E-state index in [9.17, 15) is 13.2 Å². The SMILES string of the molecule is CCN1CCCN(c2nn3c(C(F)(F)F)nnc3c(C)c2C)CC1. The molecule has 132 valence electrons. The third-order valence-corrected chi connectivity index (χ3v) is 4.66. The predicted molar refractivity (Wildman–Crippen MR) is 84.2 cm³/mol. The third kappa shape index (κ3) is 2.92. The first-order valence-corrected chi connectivity index (χ1v) is 8.10. The van der Waals surface area contributed by atoms with Crippen molar-refractivity contribution in [3.8, 4) is 0 Å². The molecule has 0 saturated carbocycles. The molecule has 24 heavy (non-hydrogen) atoms. The molecule has 3 heterocycles. The maximum absolute atomic E-state index is 13.1. The van der Waals surface area contributed by atoms with Crippen LogP contribution in [0.25, 0.3) is 5.65 Å². The molecule has 0 radical (unpaired) electrons. The molecule has 0 unspecified atom stereocenters. The van der Waals surface area contributed by atoms with Gasteiger partial charge in [0, 0.05) is 30.8 Å². The minimum absolute atomic E-state index is 0.161. The van der Waals surface area contributed by atoms with E-state index in [0.29, 0.717) is 11.4 Å². The largest absolute Gasteiger partial charge is 0.453 e. The fraction of sp³-hybridized carbons (Fsp3) is 0.667. The highest BCUT2D eigenvalue weighted by Gasteiger charge is 2.38. The molecule has 3 rings (SSSR count). The molecule has 0 aliphatic carbocycles. The van der Waals surface area contributed by atoms with Crippen molar-refractivity contribution in [3.05, 3.63) is 17.0 Å². The van der Waals surface area contributed by atoms with Gasteiger partial charge in [0.1, 0.15) is 0 Å². The van der Waals surface area contributed by atoms with Crippen molar-refractivity contribution < 1.29 is 13.2 Å². The number of alkyl halides is 3. The normalized spacial score (nSPS) is 17.5. The molecule has 1 fully saturated rings. The Balaban J connectivity index is 2.06. The lowest BCUT2D eigenvalue weighted by Gasteiger charge is -2.24. The molecule has 0 atom stereocenters. The topological polar surface area (TPSA) is 49.6 Å².